The second-order valence-corrected chi connectivity index (χ2v) is 5.97. The van der Waals surface area contributed by atoms with Crippen LogP contribution >= 0.6 is 15.9 Å². The molecule has 1 fully saturated rings. The van der Waals surface area contributed by atoms with Crippen LogP contribution in [0.5, 0.6) is 0 Å². The molecule has 0 aliphatic carbocycles. The lowest BCUT2D eigenvalue weighted by Crippen LogP contribution is -2.34. The quantitative estimate of drug-likeness (QED) is 0.907. The molecule has 2 rings (SSSR count). The smallest absolute Gasteiger partial charge is 0.137 e. The van der Waals surface area contributed by atoms with Crippen LogP contribution in [0.4, 0.5) is 4.39 Å². The van der Waals surface area contributed by atoms with E-state index < -0.39 is 5.60 Å². The average molecular weight is 302 g/mol. The number of nitrogens with zero attached hydrogens (tertiary/aromatic N) is 1. The Morgan fingerprint density at radius 2 is 2.29 bits per heavy atom. The Morgan fingerprint density at radius 3 is 2.82 bits per heavy atom. The van der Waals surface area contributed by atoms with Gasteiger partial charge in [-0.1, -0.05) is 6.07 Å². The molecule has 0 radical (unpaired) electrons. The van der Waals surface area contributed by atoms with Crippen molar-refractivity contribution in [2.45, 2.75) is 31.4 Å². The summed E-state index contributed by atoms with van der Waals surface area (Å²) in [5.74, 6) is -0.266. The lowest BCUT2D eigenvalue weighted by molar-refractivity contribution is 0.0520. The van der Waals surface area contributed by atoms with Crippen LogP contribution in [0.2, 0.25) is 0 Å². The molecule has 0 amide bonds. The highest BCUT2D eigenvalue weighted by Crippen LogP contribution is 2.30. The molecule has 0 spiro atoms. The zero-order valence-electron chi connectivity index (χ0n) is 10.1. The Labute approximate surface area is 110 Å². The number of hydrogen-bond acceptors (Lipinski definition) is 2. The van der Waals surface area contributed by atoms with E-state index in [0.717, 1.165) is 12.0 Å². The summed E-state index contributed by atoms with van der Waals surface area (Å²) < 4.78 is 13.6. The van der Waals surface area contributed by atoms with E-state index in [4.69, 9.17) is 0 Å². The highest BCUT2D eigenvalue weighted by atomic mass is 79.9. The van der Waals surface area contributed by atoms with Crippen LogP contribution in [0.1, 0.15) is 18.9 Å². The summed E-state index contributed by atoms with van der Waals surface area (Å²) >= 11 is 3.17. The number of aliphatic hydroxyl groups is 1. The Bertz CT molecular complexity index is 414. The Morgan fingerprint density at radius 1 is 1.59 bits per heavy atom. The van der Waals surface area contributed by atoms with E-state index in [1.807, 2.05) is 7.05 Å². The van der Waals surface area contributed by atoms with Crippen LogP contribution in [0.3, 0.4) is 0 Å². The van der Waals surface area contributed by atoms with Gasteiger partial charge in [0, 0.05) is 19.0 Å². The number of likely N-dealkylation sites (N-methyl/N-ethyl adjacent to an activating group) is 1. The van der Waals surface area contributed by atoms with Gasteiger partial charge in [0.1, 0.15) is 5.82 Å². The second-order valence-electron chi connectivity index (χ2n) is 5.12. The summed E-state index contributed by atoms with van der Waals surface area (Å²) in [5.41, 5.74) is 0.272. The SMILES string of the molecule is CC1CC(O)(Cc2ccc(F)c(Br)c2)CN1C. The molecule has 1 aromatic rings. The molecule has 2 unspecified atom stereocenters. The summed E-state index contributed by atoms with van der Waals surface area (Å²) in [6.07, 6.45) is 1.33. The third kappa shape index (κ3) is 2.87. The van der Waals surface area contributed by atoms with Gasteiger partial charge in [-0.3, -0.25) is 0 Å². The van der Waals surface area contributed by atoms with Crippen LogP contribution < -0.4 is 0 Å². The van der Waals surface area contributed by atoms with Crippen molar-refractivity contribution in [1.29, 1.82) is 0 Å². The molecule has 1 N–H and O–H groups in total. The molecule has 1 aliphatic rings. The molecule has 1 heterocycles. The fourth-order valence-electron chi connectivity index (χ4n) is 2.55. The summed E-state index contributed by atoms with van der Waals surface area (Å²) in [4.78, 5) is 2.15. The Hall–Kier alpha value is -0.450. The van der Waals surface area contributed by atoms with E-state index in [0.29, 0.717) is 23.5 Å². The van der Waals surface area contributed by atoms with Gasteiger partial charge in [0.25, 0.3) is 0 Å². The number of hydrogen-bond donors (Lipinski definition) is 1. The molecule has 4 heteroatoms. The third-order valence-electron chi connectivity index (χ3n) is 3.49. The summed E-state index contributed by atoms with van der Waals surface area (Å²) in [6, 6.07) is 5.31. The summed E-state index contributed by atoms with van der Waals surface area (Å²) in [5, 5.41) is 10.5. The number of rotatable bonds is 2. The largest absolute Gasteiger partial charge is 0.388 e. The maximum Gasteiger partial charge on any atom is 0.137 e. The van der Waals surface area contributed by atoms with Crippen molar-refractivity contribution < 1.29 is 9.50 Å². The van der Waals surface area contributed by atoms with Crippen LogP contribution in [0.25, 0.3) is 0 Å². The predicted octanol–water partition coefficient (Wildman–Crippen LogP) is 2.59. The van der Waals surface area contributed by atoms with Gasteiger partial charge in [-0.2, -0.15) is 0 Å². The van der Waals surface area contributed by atoms with E-state index in [-0.39, 0.29) is 5.82 Å². The molecule has 1 aromatic carbocycles. The zero-order chi connectivity index (χ0) is 12.6. The first-order valence-corrected chi connectivity index (χ1v) is 6.55. The van der Waals surface area contributed by atoms with Gasteiger partial charge >= 0.3 is 0 Å². The number of halogens is 2. The number of likely N-dealkylation sites (tertiary alicyclic amines) is 1. The van der Waals surface area contributed by atoms with Gasteiger partial charge in [-0.05, 0) is 54.0 Å². The summed E-state index contributed by atoms with van der Waals surface area (Å²) in [6.45, 7) is 2.78. The molecular formula is C13H17BrFNO. The Balaban J connectivity index is 2.13. The van der Waals surface area contributed by atoms with Gasteiger partial charge in [0.2, 0.25) is 0 Å². The van der Waals surface area contributed by atoms with Gasteiger partial charge in [0.15, 0.2) is 0 Å². The average Bonchev–Trinajstić information content (AvgIpc) is 2.47. The fourth-order valence-corrected chi connectivity index (χ4v) is 2.97. The normalized spacial score (nSPS) is 29.8. The molecule has 94 valence electrons. The monoisotopic (exact) mass is 301 g/mol. The zero-order valence-corrected chi connectivity index (χ0v) is 11.7. The van der Waals surface area contributed by atoms with E-state index in [1.54, 1.807) is 12.1 Å². The van der Waals surface area contributed by atoms with E-state index >= 15 is 0 Å². The van der Waals surface area contributed by atoms with Gasteiger partial charge in [0.05, 0.1) is 10.1 Å². The highest BCUT2D eigenvalue weighted by molar-refractivity contribution is 9.10. The lowest BCUT2D eigenvalue weighted by Gasteiger charge is -2.22. The van der Waals surface area contributed by atoms with Gasteiger partial charge in [-0.25, -0.2) is 4.39 Å². The molecule has 17 heavy (non-hydrogen) atoms. The summed E-state index contributed by atoms with van der Waals surface area (Å²) in [7, 11) is 2.02. The predicted molar refractivity (Wildman–Crippen MR) is 69.5 cm³/mol. The van der Waals surface area contributed by atoms with Crippen molar-refractivity contribution in [3.8, 4) is 0 Å². The van der Waals surface area contributed by atoms with E-state index in [2.05, 4.69) is 27.8 Å². The molecule has 1 aliphatic heterocycles. The van der Waals surface area contributed by atoms with Crippen molar-refractivity contribution in [2.24, 2.45) is 0 Å². The number of benzene rings is 1. The van der Waals surface area contributed by atoms with Crippen LogP contribution in [0.15, 0.2) is 22.7 Å². The van der Waals surface area contributed by atoms with Crippen molar-refractivity contribution in [3.63, 3.8) is 0 Å². The van der Waals surface area contributed by atoms with Crippen LogP contribution in [-0.4, -0.2) is 35.2 Å². The molecule has 0 saturated carbocycles. The van der Waals surface area contributed by atoms with Crippen LogP contribution in [-0.2, 0) is 6.42 Å². The van der Waals surface area contributed by atoms with Crippen molar-refractivity contribution in [1.82, 2.24) is 4.90 Å². The molecule has 2 atom stereocenters. The minimum Gasteiger partial charge on any atom is -0.388 e. The van der Waals surface area contributed by atoms with E-state index in [1.165, 1.54) is 6.07 Å². The van der Waals surface area contributed by atoms with Crippen LogP contribution in [0, 0.1) is 5.82 Å². The topological polar surface area (TPSA) is 23.5 Å². The van der Waals surface area contributed by atoms with Gasteiger partial charge < -0.3 is 10.0 Å². The van der Waals surface area contributed by atoms with Crippen molar-refractivity contribution in [2.75, 3.05) is 13.6 Å². The minimum absolute atomic E-state index is 0.266. The first-order chi connectivity index (χ1) is 7.89. The first-order valence-electron chi connectivity index (χ1n) is 5.76. The maximum atomic E-state index is 13.1. The van der Waals surface area contributed by atoms with Crippen molar-refractivity contribution in [3.05, 3.63) is 34.1 Å². The minimum atomic E-state index is -0.689. The molecular weight excluding hydrogens is 285 g/mol. The van der Waals surface area contributed by atoms with Gasteiger partial charge in [-0.15, -0.1) is 0 Å². The maximum absolute atomic E-state index is 13.1. The molecule has 0 aromatic heterocycles. The third-order valence-corrected chi connectivity index (χ3v) is 4.10. The van der Waals surface area contributed by atoms with Crippen molar-refractivity contribution >= 4 is 15.9 Å². The number of β-amino-alcohol motifs (C(OH)–C–C–N with tert-alkyl or cyclic N) is 1. The highest BCUT2D eigenvalue weighted by Gasteiger charge is 2.38. The van der Waals surface area contributed by atoms with E-state index in [9.17, 15) is 9.50 Å². The standard InChI is InChI=1S/C13H17BrFNO/c1-9-6-13(17,8-16(9)2)7-10-3-4-12(15)11(14)5-10/h3-5,9,17H,6-8H2,1-2H3. The Kier molecular flexibility index (Phi) is 3.57. The second kappa shape index (κ2) is 4.67. The lowest BCUT2D eigenvalue weighted by atomic mass is 9.92. The molecule has 1 saturated heterocycles. The first kappa shape index (κ1) is 13.0. The fraction of sp³-hybridized carbons (Fsp3) is 0.538. The molecule has 2 nitrogen and oxygen atoms in total. The molecule has 0 bridgehead atoms.